The van der Waals surface area contributed by atoms with Gasteiger partial charge in [0, 0.05) is 16.6 Å². The molecule has 4 aromatic rings. The summed E-state index contributed by atoms with van der Waals surface area (Å²) in [6.45, 7) is 1.98. The van der Waals surface area contributed by atoms with Gasteiger partial charge in [-0.05, 0) is 55.5 Å². The summed E-state index contributed by atoms with van der Waals surface area (Å²) in [6.07, 6.45) is 3.02. The van der Waals surface area contributed by atoms with Crippen molar-refractivity contribution in [3.05, 3.63) is 74.9 Å². The lowest BCUT2D eigenvalue weighted by Crippen LogP contribution is -2.23. The molecule has 0 atom stereocenters. The van der Waals surface area contributed by atoms with Crippen molar-refractivity contribution < 1.29 is 9.53 Å². The minimum Gasteiger partial charge on any atom is -0.497 e. The second kappa shape index (κ2) is 9.03. The van der Waals surface area contributed by atoms with E-state index in [1.807, 2.05) is 49.4 Å². The van der Waals surface area contributed by atoms with Crippen LogP contribution in [0.1, 0.15) is 22.4 Å². The predicted octanol–water partition coefficient (Wildman–Crippen LogP) is 4.98. The molecule has 5 rings (SSSR count). The van der Waals surface area contributed by atoms with Crippen LogP contribution in [-0.4, -0.2) is 28.3 Å². The molecule has 1 aliphatic rings. The van der Waals surface area contributed by atoms with E-state index in [0.29, 0.717) is 16.6 Å². The van der Waals surface area contributed by atoms with Gasteiger partial charge in [-0.2, -0.15) is 0 Å². The highest BCUT2D eigenvalue weighted by atomic mass is 32.2. The number of aromatic nitrogens is 2. The Morgan fingerprint density at radius 3 is 2.88 bits per heavy atom. The minimum atomic E-state index is -0.174. The smallest absolute Gasteiger partial charge is 0.267 e. The molecular formula is C25H23N3O3S2. The van der Waals surface area contributed by atoms with Gasteiger partial charge in [-0.1, -0.05) is 36.0 Å². The molecule has 168 valence electrons. The van der Waals surface area contributed by atoms with E-state index in [4.69, 9.17) is 9.72 Å². The fraction of sp³-hybridized carbons (Fsp3) is 0.240. The van der Waals surface area contributed by atoms with Crippen molar-refractivity contribution in [2.45, 2.75) is 31.3 Å². The van der Waals surface area contributed by atoms with Crippen LogP contribution in [-0.2, 0) is 17.6 Å². The number of rotatable bonds is 6. The highest BCUT2D eigenvalue weighted by molar-refractivity contribution is 7.99. The second-order valence-corrected chi connectivity index (χ2v) is 9.95. The fourth-order valence-electron chi connectivity index (χ4n) is 4.18. The number of thioether (sulfide) groups is 1. The Labute approximate surface area is 199 Å². The molecule has 33 heavy (non-hydrogen) atoms. The quantitative estimate of drug-likeness (QED) is 0.313. The topological polar surface area (TPSA) is 73.2 Å². The van der Waals surface area contributed by atoms with Crippen LogP contribution in [0.5, 0.6) is 5.75 Å². The highest BCUT2D eigenvalue weighted by Crippen LogP contribution is 2.36. The number of thiophene rings is 1. The van der Waals surface area contributed by atoms with Crippen LogP contribution in [0.2, 0.25) is 0 Å². The average molecular weight is 478 g/mol. The van der Waals surface area contributed by atoms with Crippen molar-refractivity contribution in [1.82, 2.24) is 9.55 Å². The molecule has 2 heterocycles. The van der Waals surface area contributed by atoms with Crippen molar-refractivity contribution in [2.75, 3.05) is 18.2 Å². The first-order chi connectivity index (χ1) is 16.0. The number of hydrogen-bond donors (Lipinski definition) is 1. The average Bonchev–Trinajstić information content (AvgIpc) is 3.40. The van der Waals surface area contributed by atoms with Gasteiger partial charge in [0.1, 0.15) is 10.6 Å². The summed E-state index contributed by atoms with van der Waals surface area (Å²) in [5.41, 5.74) is 3.54. The summed E-state index contributed by atoms with van der Waals surface area (Å²) >= 11 is 2.88. The van der Waals surface area contributed by atoms with Crippen molar-refractivity contribution in [1.29, 1.82) is 0 Å². The van der Waals surface area contributed by atoms with E-state index >= 15 is 0 Å². The van der Waals surface area contributed by atoms with Gasteiger partial charge in [0.15, 0.2) is 5.16 Å². The molecule has 2 aromatic heterocycles. The molecular weight excluding hydrogens is 454 g/mol. The Hall–Kier alpha value is -3.10. The maximum Gasteiger partial charge on any atom is 0.267 e. The van der Waals surface area contributed by atoms with E-state index in [-0.39, 0.29) is 17.2 Å². The fourth-order valence-corrected chi connectivity index (χ4v) is 6.28. The predicted molar refractivity (Wildman–Crippen MR) is 134 cm³/mol. The molecule has 0 unspecified atom stereocenters. The maximum atomic E-state index is 13.7. The zero-order chi connectivity index (χ0) is 22.9. The van der Waals surface area contributed by atoms with Gasteiger partial charge in [-0.15, -0.1) is 11.3 Å². The summed E-state index contributed by atoms with van der Waals surface area (Å²) in [4.78, 5) is 33.3. The van der Waals surface area contributed by atoms with Gasteiger partial charge in [0.05, 0.1) is 23.9 Å². The van der Waals surface area contributed by atoms with Gasteiger partial charge in [-0.3, -0.25) is 14.2 Å². The number of amides is 1. The van der Waals surface area contributed by atoms with Crippen LogP contribution >= 0.6 is 23.1 Å². The number of nitrogens with zero attached hydrogens (tertiary/aromatic N) is 2. The van der Waals surface area contributed by atoms with Crippen molar-refractivity contribution in [3.8, 4) is 11.4 Å². The molecule has 2 aromatic carbocycles. The molecule has 1 N–H and O–H groups in total. The Balaban J connectivity index is 1.50. The summed E-state index contributed by atoms with van der Waals surface area (Å²) in [5, 5.41) is 4.16. The zero-order valence-electron chi connectivity index (χ0n) is 18.4. The molecule has 0 spiro atoms. The van der Waals surface area contributed by atoms with Crippen LogP contribution < -0.4 is 15.6 Å². The van der Waals surface area contributed by atoms with E-state index < -0.39 is 0 Å². The molecule has 0 aliphatic heterocycles. The normalized spacial score (nSPS) is 12.7. The second-order valence-electron chi connectivity index (χ2n) is 7.93. The Morgan fingerprint density at radius 1 is 1.21 bits per heavy atom. The summed E-state index contributed by atoms with van der Waals surface area (Å²) < 4.78 is 6.89. The van der Waals surface area contributed by atoms with Gasteiger partial charge < -0.3 is 10.1 Å². The molecule has 0 saturated heterocycles. The van der Waals surface area contributed by atoms with Gasteiger partial charge in [-0.25, -0.2) is 4.98 Å². The zero-order valence-corrected chi connectivity index (χ0v) is 20.0. The third kappa shape index (κ3) is 4.16. The lowest BCUT2D eigenvalue weighted by Gasteiger charge is -2.14. The first-order valence-electron chi connectivity index (χ1n) is 10.7. The number of nitrogens with one attached hydrogen (secondary N) is 1. The molecule has 6 nitrogen and oxygen atoms in total. The third-order valence-corrected chi connectivity index (χ3v) is 7.87. The van der Waals surface area contributed by atoms with Gasteiger partial charge >= 0.3 is 0 Å². The summed E-state index contributed by atoms with van der Waals surface area (Å²) in [5.74, 6) is 0.630. The number of fused-ring (bicyclic) bond motifs is 3. The molecule has 8 heteroatoms. The van der Waals surface area contributed by atoms with E-state index in [9.17, 15) is 9.59 Å². The number of aryl methyl sites for hydroxylation is 3. The number of anilines is 1. The SMILES string of the molecule is COc1cccc(NC(=O)CSc2nc3sc4c(c3c(=O)n2-c2ccccc2C)CCC4)c1. The standard InChI is InChI=1S/C25H23N3O3S2/c1-15-7-3-4-11-19(15)28-24(30)22-18-10-6-12-20(18)33-23(22)27-25(28)32-14-21(29)26-16-8-5-9-17(13-16)31-2/h3-5,7-9,11,13H,6,10,12,14H2,1-2H3,(H,26,29). The first-order valence-corrected chi connectivity index (χ1v) is 12.6. The van der Waals surface area contributed by atoms with E-state index in [1.165, 1.54) is 16.6 Å². The van der Waals surface area contributed by atoms with E-state index in [1.54, 1.807) is 29.1 Å². The molecule has 0 radical (unpaired) electrons. The number of hydrogen-bond acceptors (Lipinski definition) is 6. The lowest BCUT2D eigenvalue weighted by atomic mass is 10.2. The largest absolute Gasteiger partial charge is 0.497 e. The summed E-state index contributed by atoms with van der Waals surface area (Å²) in [6, 6.07) is 15.0. The van der Waals surface area contributed by atoms with E-state index in [0.717, 1.165) is 46.3 Å². The Bertz CT molecular complexity index is 1420. The number of ether oxygens (including phenoxy) is 1. The van der Waals surface area contributed by atoms with Crippen LogP contribution in [0.15, 0.2) is 58.5 Å². The first kappa shape index (κ1) is 21.7. The third-order valence-electron chi connectivity index (χ3n) is 5.75. The number of carbonyl (C=O) groups is 1. The number of benzene rings is 2. The summed E-state index contributed by atoms with van der Waals surface area (Å²) in [7, 11) is 1.59. The molecule has 1 amide bonds. The Morgan fingerprint density at radius 2 is 2.06 bits per heavy atom. The van der Waals surface area contributed by atoms with Gasteiger partial charge in [0.25, 0.3) is 5.56 Å². The van der Waals surface area contributed by atoms with Crippen LogP contribution in [0.25, 0.3) is 15.9 Å². The monoisotopic (exact) mass is 477 g/mol. The highest BCUT2D eigenvalue weighted by Gasteiger charge is 2.24. The van der Waals surface area contributed by atoms with Crippen LogP contribution in [0.4, 0.5) is 5.69 Å². The minimum absolute atomic E-state index is 0.0515. The van der Waals surface area contributed by atoms with Crippen LogP contribution in [0, 0.1) is 6.92 Å². The molecule has 1 aliphatic carbocycles. The molecule has 0 saturated carbocycles. The van der Waals surface area contributed by atoms with E-state index in [2.05, 4.69) is 5.32 Å². The number of methoxy groups -OCH3 is 1. The van der Waals surface area contributed by atoms with Crippen molar-refractivity contribution in [3.63, 3.8) is 0 Å². The number of carbonyl (C=O) groups excluding carboxylic acids is 1. The number of para-hydroxylation sites is 1. The lowest BCUT2D eigenvalue weighted by molar-refractivity contribution is -0.113. The van der Waals surface area contributed by atoms with Gasteiger partial charge in [0.2, 0.25) is 5.91 Å². The molecule has 0 fully saturated rings. The van der Waals surface area contributed by atoms with Crippen molar-refractivity contribution in [2.24, 2.45) is 0 Å². The molecule has 0 bridgehead atoms. The van der Waals surface area contributed by atoms with Crippen molar-refractivity contribution >= 4 is 44.9 Å². The Kier molecular flexibility index (Phi) is 5.95. The van der Waals surface area contributed by atoms with Crippen LogP contribution in [0.3, 0.4) is 0 Å². The maximum absolute atomic E-state index is 13.7.